The summed E-state index contributed by atoms with van der Waals surface area (Å²) in [7, 11) is 2.36. The predicted molar refractivity (Wildman–Crippen MR) is 94.2 cm³/mol. The van der Waals surface area contributed by atoms with E-state index in [-0.39, 0.29) is 40.8 Å². The highest BCUT2D eigenvalue weighted by Crippen LogP contribution is 2.35. The van der Waals surface area contributed by atoms with Crippen molar-refractivity contribution in [2.75, 3.05) is 19.5 Å². The number of rotatable bonds is 8. The maximum atomic E-state index is 12.6. The van der Waals surface area contributed by atoms with Gasteiger partial charge in [0.15, 0.2) is 11.5 Å². The molecule has 1 heterocycles. The second-order valence-corrected chi connectivity index (χ2v) is 5.83. The van der Waals surface area contributed by atoms with Crippen molar-refractivity contribution in [3.63, 3.8) is 0 Å². The minimum Gasteiger partial charge on any atom is -0.493 e. The highest BCUT2D eigenvalue weighted by molar-refractivity contribution is 6.29. The number of carbonyl (C=O) groups excluding carboxylic acids is 2. The summed E-state index contributed by atoms with van der Waals surface area (Å²) in [5.74, 6) is -1.77. The molecule has 0 unspecified atom stereocenters. The van der Waals surface area contributed by atoms with E-state index in [1.54, 1.807) is 6.92 Å². The summed E-state index contributed by atoms with van der Waals surface area (Å²) < 4.78 is 44.0. The third-order valence-electron chi connectivity index (χ3n) is 3.74. The first-order chi connectivity index (χ1) is 13.3. The molecule has 2 rings (SSSR count). The van der Waals surface area contributed by atoms with E-state index >= 15 is 0 Å². The molecule has 0 atom stereocenters. The van der Waals surface area contributed by atoms with Gasteiger partial charge in [0.1, 0.15) is 0 Å². The average Bonchev–Trinajstić information content (AvgIpc) is 2.97. The first-order valence-electron chi connectivity index (χ1n) is 7.92. The van der Waals surface area contributed by atoms with E-state index < -0.39 is 18.5 Å². The number of methoxy groups -OCH3 is 2. The van der Waals surface area contributed by atoms with Crippen molar-refractivity contribution in [3.05, 3.63) is 34.2 Å². The Morgan fingerprint density at radius 3 is 2.54 bits per heavy atom. The highest BCUT2D eigenvalue weighted by atomic mass is 35.5. The van der Waals surface area contributed by atoms with Crippen LogP contribution < -0.4 is 14.8 Å². The number of alkyl halides is 2. The first-order valence-corrected chi connectivity index (χ1v) is 8.30. The fourth-order valence-corrected chi connectivity index (χ4v) is 2.65. The van der Waals surface area contributed by atoms with Gasteiger partial charge in [0.05, 0.1) is 31.2 Å². The lowest BCUT2D eigenvalue weighted by Gasteiger charge is -2.15. The molecular formula is C17H17ClF2N2O6. The zero-order valence-electron chi connectivity index (χ0n) is 15.2. The van der Waals surface area contributed by atoms with Crippen molar-refractivity contribution in [2.24, 2.45) is 0 Å². The molecule has 1 aromatic carbocycles. The molecule has 0 spiro atoms. The minimum absolute atomic E-state index is 0.0283. The standard InChI is InChI=1S/C17H17ClF2N2O6/c1-8-9(15(18)28-22-8)4-5-14(23)21-11-7-13(27-17(19)20)12(25-2)6-10(11)16(24)26-3/h6-7,17H,4-5H2,1-3H3,(H,21,23). The van der Waals surface area contributed by atoms with E-state index in [0.29, 0.717) is 11.3 Å². The van der Waals surface area contributed by atoms with Crippen LogP contribution in [0, 0.1) is 6.92 Å². The average molecular weight is 419 g/mol. The number of amides is 1. The molecule has 2 aromatic rings. The molecule has 1 aromatic heterocycles. The molecule has 28 heavy (non-hydrogen) atoms. The van der Waals surface area contributed by atoms with Gasteiger partial charge in [-0.05, 0) is 24.9 Å². The van der Waals surface area contributed by atoms with Crippen molar-refractivity contribution in [2.45, 2.75) is 26.4 Å². The largest absolute Gasteiger partial charge is 0.493 e. The number of nitrogens with zero attached hydrogens (tertiary/aromatic N) is 1. The number of hydrogen-bond acceptors (Lipinski definition) is 7. The number of anilines is 1. The van der Waals surface area contributed by atoms with Gasteiger partial charge in [0, 0.05) is 24.1 Å². The topological polar surface area (TPSA) is 99.9 Å². The van der Waals surface area contributed by atoms with E-state index in [2.05, 4.69) is 19.9 Å². The lowest BCUT2D eigenvalue weighted by molar-refractivity contribution is -0.116. The van der Waals surface area contributed by atoms with Crippen LogP contribution in [0.25, 0.3) is 0 Å². The molecule has 0 fully saturated rings. The minimum atomic E-state index is -3.12. The van der Waals surface area contributed by atoms with Crippen LogP contribution in [0.3, 0.4) is 0 Å². The third-order valence-corrected chi connectivity index (χ3v) is 4.04. The van der Waals surface area contributed by atoms with Crippen molar-refractivity contribution >= 4 is 29.2 Å². The number of halogens is 3. The van der Waals surface area contributed by atoms with Crippen LogP contribution in [0.4, 0.5) is 14.5 Å². The van der Waals surface area contributed by atoms with Crippen LogP contribution in [0.15, 0.2) is 16.7 Å². The molecule has 11 heteroatoms. The molecule has 1 N–H and O–H groups in total. The van der Waals surface area contributed by atoms with Gasteiger partial charge in [-0.2, -0.15) is 8.78 Å². The Hall–Kier alpha value is -2.88. The van der Waals surface area contributed by atoms with Gasteiger partial charge in [0.2, 0.25) is 11.1 Å². The Labute approximate surface area is 163 Å². The Balaban J connectivity index is 2.25. The lowest BCUT2D eigenvalue weighted by Crippen LogP contribution is -2.16. The Bertz CT molecular complexity index is 852. The normalized spacial score (nSPS) is 10.7. The molecule has 0 saturated carbocycles. The van der Waals surface area contributed by atoms with Crippen molar-refractivity contribution in [1.82, 2.24) is 5.16 Å². The van der Waals surface area contributed by atoms with Gasteiger partial charge >= 0.3 is 12.6 Å². The fraction of sp³-hybridized carbons (Fsp3) is 0.353. The predicted octanol–water partition coefficient (Wildman–Crippen LogP) is 3.60. The van der Waals surface area contributed by atoms with E-state index in [1.807, 2.05) is 0 Å². The Kier molecular flexibility index (Phi) is 7.16. The molecular weight excluding hydrogens is 402 g/mol. The summed E-state index contributed by atoms with van der Waals surface area (Å²) in [4.78, 5) is 24.3. The quantitative estimate of drug-likeness (QED) is 0.653. The number of hydrogen-bond donors (Lipinski definition) is 1. The van der Waals surface area contributed by atoms with Crippen molar-refractivity contribution in [3.8, 4) is 11.5 Å². The molecule has 0 radical (unpaired) electrons. The maximum Gasteiger partial charge on any atom is 0.387 e. The molecule has 0 aliphatic carbocycles. The van der Waals surface area contributed by atoms with E-state index in [0.717, 1.165) is 19.2 Å². The molecule has 1 amide bonds. The van der Waals surface area contributed by atoms with Gasteiger partial charge in [-0.3, -0.25) is 4.79 Å². The SMILES string of the molecule is COC(=O)c1cc(OC)c(OC(F)F)cc1NC(=O)CCc1c(C)noc1Cl. The zero-order chi connectivity index (χ0) is 20.8. The van der Waals surface area contributed by atoms with Gasteiger partial charge in [-0.25, -0.2) is 4.79 Å². The van der Waals surface area contributed by atoms with Crippen LogP contribution in [0.5, 0.6) is 11.5 Å². The monoisotopic (exact) mass is 418 g/mol. The number of nitrogens with one attached hydrogen (secondary N) is 1. The summed E-state index contributed by atoms with van der Waals surface area (Å²) in [6.45, 7) is -1.45. The summed E-state index contributed by atoms with van der Waals surface area (Å²) in [6.07, 6.45) is 0.198. The number of benzene rings is 1. The molecule has 0 saturated heterocycles. The molecule has 152 valence electrons. The Morgan fingerprint density at radius 1 is 1.29 bits per heavy atom. The summed E-state index contributed by atoms with van der Waals surface area (Å²) >= 11 is 5.85. The summed E-state index contributed by atoms with van der Waals surface area (Å²) in [5.41, 5.74) is 0.960. The number of aromatic nitrogens is 1. The second kappa shape index (κ2) is 9.36. The summed E-state index contributed by atoms with van der Waals surface area (Å²) in [5, 5.41) is 6.24. The molecule has 0 aliphatic heterocycles. The number of esters is 1. The van der Waals surface area contributed by atoms with Gasteiger partial charge in [0.25, 0.3) is 0 Å². The number of carbonyl (C=O) groups is 2. The van der Waals surface area contributed by atoms with Gasteiger partial charge in [-0.1, -0.05) is 5.16 Å². The maximum absolute atomic E-state index is 12.6. The van der Waals surface area contributed by atoms with Crippen LogP contribution in [0.1, 0.15) is 28.0 Å². The molecule has 0 aliphatic rings. The zero-order valence-corrected chi connectivity index (χ0v) is 15.9. The van der Waals surface area contributed by atoms with Crippen LogP contribution in [-0.2, 0) is 16.0 Å². The van der Waals surface area contributed by atoms with Crippen molar-refractivity contribution < 1.29 is 37.1 Å². The summed E-state index contributed by atoms with van der Waals surface area (Å²) in [6, 6.07) is 2.20. The van der Waals surface area contributed by atoms with Crippen LogP contribution >= 0.6 is 11.6 Å². The van der Waals surface area contributed by atoms with E-state index in [1.165, 1.54) is 7.11 Å². The third kappa shape index (κ3) is 5.10. The molecule has 0 bridgehead atoms. The highest BCUT2D eigenvalue weighted by Gasteiger charge is 2.21. The van der Waals surface area contributed by atoms with E-state index in [4.69, 9.17) is 20.9 Å². The second-order valence-electron chi connectivity index (χ2n) is 5.49. The Morgan fingerprint density at radius 2 is 2.00 bits per heavy atom. The number of ether oxygens (including phenoxy) is 3. The fourth-order valence-electron chi connectivity index (χ4n) is 2.38. The van der Waals surface area contributed by atoms with Crippen LogP contribution in [0.2, 0.25) is 5.22 Å². The van der Waals surface area contributed by atoms with Gasteiger partial charge in [-0.15, -0.1) is 0 Å². The van der Waals surface area contributed by atoms with Crippen molar-refractivity contribution in [1.29, 1.82) is 0 Å². The number of aryl methyl sites for hydroxylation is 1. The molecule has 8 nitrogen and oxygen atoms in total. The first kappa shape index (κ1) is 21.4. The van der Waals surface area contributed by atoms with Gasteiger partial charge < -0.3 is 24.1 Å². The smallest absolute Gasteiger partial charge is 0.387 e. The van der Waals surface area contributed by atoms with Crippen LogP contribution in [-0.4, -0.2) is 37.9 Å². The van der Waals surface area contributed by atoms with E-state index in [9.17, 15) is 18.4 Å². The lowest BCUT2D eigenvalue weighted by atomic mass is 10.1.